The van der Waals surface area contributed by atoms with Crippen LogP contribution < -0.4 is 30.3 Å². The van der Waals surface area contributed by atoms with Gasteiger partial charge < -0.3 is 86.3 Å². The first-order chi connectivity index (χ1) is 65.6. The molecule has 1 fully saturated rings. The Morgan fingerprint density at radius 3 is 1.07 bits per heavy atom. The van der Waals surface area contributed by atoms with Crippen LogP contribution >= 0.6 is 34.8 Å². The Balaban J connectivity index is 0.000000260. The van der Waals surface area contributed by atoms with Gasteiger partial charge in [0.1, 0.15) is 29.7 Å². The zero-order chi connectivity index (χ0) is 106. The summed E-state index contributed by atoms with van der Waals surface area (Å²) < 4.78 is 95.6. The van der Waals surface area contributed by atoms with Crippen molar-refractivity contribution in [3.63, 3.8) is 0 Å². The lowest BCUT2D eigenvalue weighted by Gasteiger charge is -2.32. The Morgan fingerprint density at radius 1 is 0.411 bits per heavy atom. The zero-order valence-electron chi connectivity index (χ0n) is 84.4. The third kappa shape index (κ3) is 33.8. The molecule has 0 spiro atoms. The molecule has 141 heavy (non-hydrogen) atoms. The van der Waals surface area contributed by atoms with Gasteiger partial charge in [0, 0.05) is 94.0 Å². The summed E-state index contributed by atoms with van der Waals surface area (Å²) in [5.74, 6) is -1.46. The van der Waals surface area contributed by atoms with Crippen molar-refractivity contribution in [3.05, 3.63) is 239 Å². The van der Waals surface area contributed by atoms with E-state index in [9.17, 15) is 68.8 Å². The number of hydrogen-bond donors (Lipinski definition) is 1. The Kier molecular flexibility index (Phi) is 42.2. The molecule has 5 atom stereocenters. The number of ether oxygens (including phenoxy) is 13. The van der Waals surface area contributed by atoms with E-state index >= 15 is 0 Å². The quantitative estimate of drug-likeness (QED) is 0.0155. The van der Waals surface area contributed by atoms with E-state index in [4.69, 9.17) is 102 Å². The Morgan fingerprint density at radius 2 is 0.723 bits per heavy atom. The van der Waals surface area contributed by atoms with Crippen molar-refractivity contribution in [2.45, 2.75) is 240 Å². The summed E-state index contributed by atoms with van der Waals surface area (Å²) in [6, 6.07) is 36.7. The lowest BCUT2D eigenvalue weighted by Crippen LogP contribution is -2.41. The molecule has 0 aromatic heterocycles. The number of methoxy groups -OCH3 is 5. The van der Waals surface area contributed by atoms with E-state index in [2.05, 4.69) is 66.2 Å². The van der Waals surface area contributed by atoms with Crippen molar-refractivity contribution in [1.29, 1.82) is 0 Å². The van der Waals surface area contributed by atoms with E-state index in [1.165, 1.54) is 76.0 Å². The van der Waals surface area contributed by atoms with E-state index in [-0.39, 0.29) is 72.8 Å². The lowest BCUT2D eigenvalue weighted by atomic mass is 9.78. The number of nitrogens with zero attached hydrogens (tertiary/aromatic N) is 5. The number of carbonyl (C=O) groups excluding carboxylic acids is 6. The molecular weight excluding hydrogens is 1900 g/mol. The van der Waals surface area contributed by atoms with Gasteiger partial charge >= 0.3 is 42.7 Å². The number of esters is 5. The fourth-order valence-electron chi connectivity index (χ4n) is 14.2. The lowest BCUT2D eigenvalue weighted by molar-refractivity contribution is -0.387. The number of fused-ring (bicyclic) bond motifs is 3. The van der Waals surface area contributed by atoms with Gasteiger partial charge in [-0.2, -0.15) is 4.39 Å². The molecule has 8 aromatic carbocycles. The van der Waals surface area contributed by atoms with Crippen LogP contribution in [-0.4, -0.2) is 172 Å². The predicted octanol–water partition coefficient (Wildman–Crippen LogP) is 21.1. The van der Waals surface area contributed by atoms with Gasteiger partial charge in [-0.05, 0) is 281 Å². The summed E-state index contributed by atoms with van der Waals surface area (Å²) in [4.78, 5) is 112. The molecular formula is C101H127BCl3FN6O29. The smallest absolute Gasteiger partial charge is 0.493 e. The summed E-state index contributed by atoms with van der Waals surface area (Å²) in [5.41, 5.74) is 10.9. The van der Waals surface area contributed by atoms with Gasteiger partial charge in [-0.1, -0.05) is 65.1 Å². The molecule has 0 amide bonds. The van der Waals surface area contributed by atoms with Gasteiger partial charge in [-0.3, -0.25) is 40.5 Å². The number of rotatable bonds is 23. The van der Waals surface area contributed by atoms with Crippen LogP contribution in [0.3, 0.4) is 0 Å². The minimum atomic E-state index is -1.29. The van der Waals surface area contributed by atoms with E-state index in [0.29, 0.717) is 17.7 Å². The number of anilines is 2. The summed E-state index contributed by atoms with van der Waals surface area (Å²) in [7, 11) is 9.90. The van der Waals surface area contributed by atoms with Crippen molar-refractivity contribution in [1.82, 2.24) is 0 Å². The van der Waals surface area contributed by atoms with Gasteiger partial charge in [0.05, 0.1) is 119 Å². The van der Waals surface area contributed by atoms with Crippen molar-refractivity contribution >= 4 is 118 Å². The van der Waals surface area contributed by atoms with Gasteiger partial charge in [-0.15, -0.1) is 0 Å². The van der Waals surface area contributed by atoms with Crippen LogP contribution in [0.5, 0.6) is 17.2 Å². The predicted molar refractivity (Wildman–Crippen MR) is 532 cm³/mol. The molecule has 12 rings (SSSR count). The first kappa shape index (κ1) is 118. The third-order valence-corrected chi connectivity index (χ3v) is 22.3. The molecule has 766 valence electrons. The second-order valence-corrected chi connectivity index (χ2v) is 39.8. The molecule has 2 N–H and O–H groups in total. The van der Waals surface area contributed by atoms with Crippen molar-refractivity contribution in [2.75, 3.05) is 80.1 Å². The van der Waals surface area contributed by atoms with Crippen molar-refractivity contribution in [2.24, 2.45) is 0 Å². The molecule has 1 saturated heterocycles. The summed E-state index contributed by atoms with van der Waals surface area (Å²) in [5, 5.41) is 44.1. The molecule has 35 nitrogen and oxygen atoms in total. The van der Waals surface area contributed by atoms with E-state index in [1.54, 1.807) is 68.4 Å². The van der Waals surface area contributed by atoms with Gasteiger partial charge in [0.25, 0.3) is 17.1 Å². The zero-order valence-corrected chi connectivity index (χ0v) is 86.7. The Hall–Kier alpha value is -12.0. The average molecular weight is 2030 g/mol. The molecule has 0 bridgehead atoms. The van der Waals surface area contributed by atoms with Gasteiger partial charge in [0.2, 0.25) is 5.82 Å². The van der Waals surface area contributed by atoms with Crippen LogP contribution in [0.2, 0.25) is 15.1 Å². The number of nitro benzene ring substituents is 4. The maximum Gasteiger partial charge on any atom is 0.494 e. The highest BCUT2D eigenvalue weighted by Crippen LogP contribution is 2.45. The number of aryl methyl sites for hydroxylation is 3. The second-order valence-electron chi connectivity index (χ2n) is 38.6. The van der Waals surface area contributed by atoms with E-state index in [1.807, 2.05) is 116 Å². The molecule has 0 radical (unpaired) electrons. The second kappa shape index (κ2) is 50.6. The maximum absolute atomic E-state index is 13.5. The summed E-state index contributed by atoms with van der Waals surface area (Å²) in [6.07, 6.45) is 0.489. The van der Waals surface area contributed by atoms with E-state index < -0.39 is 120 Å². The third-order valence-electron chi connectivity index (χ3n) is 21.3. The van der Waals surface area contributed by atoms with Gasteiger partial charge in [0.15, 0.2) is 30.5 Å². The van der Waals surface area contributed by atoms with Crippen LogP contribution in [-0.2, 0) is 105 Å². The fourth-order valence-corrected chi connectivity index (χ4v) is 14.9. The molecule has 8 aromatic rings. The monoisotopic (exact) mass is 2020 g/mol. The van der Waals surface area contributed by atoms with Crippen LogP contribution in [0.1, 0.15) is 226 Å². The number of nitrogens with two attached hydrogens (primary N) is 1. The van der Waals surface area contributed by atoms with Crippen molar-refractivity contribution < 1.29 is 124 Å². The van der Waals surface area contributed by atoms with Crippen LogP contribution in [0.15, 0.2) is 133 Å². The average Bonchev–Trinajstić information content (AvgIpc) is 1.65. The highest BCUT2D eigenvalue weighted by molar-refractivity contribution is 6.62. The fraction of sp³-hybridized carbons (Fsp3) is 0.465. The van der Waals surface area contributed by atoms with Crippen LogP contribution in [0, 0.1) is 46.3 Å². The summed E-state index contributed by atoms with van der Waals surface area (Å²) in [6.45, 7) is 39.4. The molecule has 4 aliphatic heterocycles. The standard InChI is InChI=1S/C24H31NO4.C22H25NO6.C15H21BO3.C13H15ClFNO5.C13H17ClN2O5.C13H16ClNO5.CH2O/c1-24(2,3)29-22(23(26)27-6)20-15-18(25(4)5)10-11-19(20)16-9-12-21-17(14-16)8-7-13-28-21;1-22(2,3)29-20(21(24)27-4)18-13-16(23(25)26)8-9-17(18)14-7-10-19-15(12-14)6-5-11-28-19;1-14(2)15(3,4)19-16(18-14)12-7-8-13-11(10-12)6-5-9-17-13;2*1-13(2,3)21-11(12(17)20-4)7-5-10(16(18)19)9(15)6-8(7)14;1-13(2,3)20-11(12(16)19-4)9-7-8(15(17)18)5-6-10(9)14;1-2/h9-12,14-15,22H,7-8,13H2,1-6H3;7-10,12-13,20H,5-6,11H2,1-4H3;7-8,10H,5-6,9H2,1-4H3;5-6,11H,1-4H3;5-6,11H,15H2,1-4H3;5-7,11H,1-4H3;1H2. The van der Waals surface area contributed by atoms with Gasteiger partial charge in [-0.25, -0.2) is 24.0 Å². The Labute approximate surface area is 836 Å². The van der Waals surface area contributed by atoms with E-state index in [0.717, 1.165) is 133 Å². The number of nitro groups is 4. The minimum Gasteiger partial charge on any atom is -0.493 e. The number of hydrogen-bond acceptors (Lipinski definition) is 31. The molecule has 0 aliphatic carbocycles. The molecule has 5 unspecified atom stereocenters. The number of carbonyl (C=O) groups is 6. The molecule has 40 heteroatoms. The topological polar surface area (TPSA) is 443 Å². The largest absolute Gasteiger partial charge is 0.494 e. The molecule has 4 heterocycles. The molecule has 4 aliphatic rings. The highest BCUT2D eigenvalue weighted by Gasteiger charge is 2.52. The van der Waals surface area contributed by atoms with Crippen molar-refractivity contribution in [3.8, 4) is 39.5 Å². The number of benzene rings is 8. The SMILES string of the molecule is C=O.CC1(C)OB(c2ccc3c(c2)CCCO3)OC1(C)C.COC(=O)C(OC(C)(C)C)c1cc(N(C)C)ccc1-c1ccc2c(c1)CCCO2.COC(=O)C(OC(C)(C)C)c1cc([N+](=O)[O-])c(F)cc1Cl.COC(=O)C(OC(C)(C)C)c1cc([N+](=O)[O-])c(N)cc1Cl.COC(=O)C(OC(C)(C)C)c1cc([N+](=O)[O-])ccc1-c1ccc2c(c1)CCCO2.COC(=O)C(OC(C)(C)C)c1cc([N+](=O)[O-])ccc1Cl. The van der Waals surface area contributed by atoms with Crippen LogP contribution in [0.4, 0.5) is 38.5 Å². The first-order valence-electron chi connectivity index (χ1n) is 44.7. The first-order valence-corrected chi connectivity index (χ1v) is 45.8. The minimum absolute atomic E-state index is 0.0217. The number of nitrogen functional groups attached to an aromatic ring is 1. The summed E-state index contributed by atoms with van der Waals surface area (Å²) >= 11 is 17.9. The Bertz CT molecular complexity index is 5650. The normalized spacial score (nSPS) is 14.9. The highest BCUT2D eigenvalue weighted by atomic mass is 35.5. The van der Waals surface area contributed by atoms with Crippen LogP contribution in [0.25, 0.3) is 22.3 Å². The molecule has 0 saturated carbocycles. The maximum atomic E-state index is 13.5. The number of halogens is 4. The number of non-ortho nitro benzene ring substituents is 2.